The fraction of sp³-hybridized carbons (Fsp3) is 0.0667. The summed E-state index contributed by atoms with van der Waals surface area (Å²) in [5.41, 5.74) is 1.07. The van der Waals surface area contributed by atoms with E-state index in [4.69, 9.17) is 0 Å². The lowest BCUT2D eigenvalue weighted by molar-refractivity contribution is 0.102. The molecule has 1 amide bonds. The zero-order valence-corrected chi connectivity index (χ0v) is 11.6. The van der Waals surface area contributed by atoms with Crippen molar-refractivity contribution in [1.29, 1.82) is 0 Å². The molecule has 3 rings (SSSR count). The molecule has 0 radical (unpaired) electrons. The van der Waals surface area contributed by atoms with Crippen LogP contribution in [-0.2, 0) is 0 Å². The van der Waals surface area contributed by atoms with Crippen molar-refractivity contribution in [3.63, 3.8) is 0 Å². The van der Waals surface area contributed by atoms with Gasteiger partial charge < -0.3 is 10.4 Å². The van der Waals surface area contributed by atoms with Crippen LogP contribution in [0.3, 0.4) is 0 Å². The molecule has 5 heteroatoms. The number of amides is 1. The standard InChI is InChI=1S/C15H12N2O2S/c1-9-8-13(17-20-9)15(19)16-12-6-2-5-11-10(12)4-3-7-14(11)18/h2-8,18H,1H3,(H,16,19). The Balaban J connectivity index is 1.99. The molecular formula is C15H12N2O2S. The molecule has 20 heavy (non-hydrogen) atoms. The maximum atomic E-state index is 12.1. The number of rotatable bonds is 2. The molecule has 4 nitrogen and oxygen atoms in total. The van der Waals surface area contributed by atoms with Gasteiger partial charge in [0.05, 0.1) is 0 Å². The summed E-state index contributed by atoms with van der Waals surface area (Å²) >= 11 is 1.30. The first-order valence-corrected chi connectivity index (χ1v) is 6.88. The second kappa shape index (κ2) is 4.94. The van der Waals surface area contributed by atoms with Gasteiger partial charge in [-0.2, -0.15) is 4.37 Å². The molecule has 3 aromatic rings. The molecule has 1 heterocycles. The zero-order valence-electron chi connectivity index (χ0n) is 10.8. The van der Waals surface area contributed by atoms with Crippen LogP contribution >= 0.6 is 11.5 Å². The summed E-state index contributed by atoms with van der Waals surface area (Å²) in [5, 5.41) is 14.2. The molecule has 100 valence electrons. The summed E-state index contributed by atoms with van der Waals surface area (Å²) in [6, 6.07) is 12.4. The van der Waals surface area contributed by atoms with Gasteiger partial charge >= 0.3 is 0 Å². The minimum Gasteiger partial charge on any atom is -0.507 e. The number of fused-ring (bicyclic) bond motifs is 1. The van der Waals surface area contributed by atoms with Crippen molar-refractivity contribution in [2.75, 3.05) is 5.32 Å². The first-order chi connectivity index (χ1) is 9.65. The Kier molecular flexibility index (Phi) is 3.12. The second-order valence-electron chi connectivity index (χ2n) is 4.45. The van der Waals surface area contributed by atoms with Crippen molar-refractivity contribution in [1.82, 2.24) is 4.37 Å². The van der Waals surface area contributed by atoms with Gasteiger partial charge in [-0.25, -0.2) is 0 Å². The maximum Gasteiger partial charge on any atom is 0.275 e. The summed E-state index contributed by atoms with van der Waals surface area (Å²) in [7, 11) is 0. The number of hydrogen-bond donors (Lipinski definition) is 2. The largest absolute Gasteiger partial charge is 0.507 e. The highest BCUT2D eigenvalue weighted by molar-refractivity contribution is 7.05. The number of carbonyl (C=O) groups excluding carboxylic acids is 1. The van der Waals surface area contributed by atoms with Crippen molar-refractivity contribution in [2.45, 2.75) is 6.92 Å². The molecule has 2 aromatic carbocycles. The number of phenolic OH excluding ortho intramolecular Hbond substituents is 1. The Hall–Kier alpha value is -2.40. The van der Waals surface area contributed by atoms with Crippen LogP contribution in [-0.4, -0.2) is 15.4 Å². The Morgan fingerprint density at radius 1 is 1.20 bits per heavy atom. The van der Waals surface area contributed by atoms with Crippen LogP contribution in [0.4, 0.5) is 5.69 Å². The lowest BCUT2D eigenvalue weighted by atomic mass is 10.1. The quantitative estimate of drug-likeness (QED) is 0.756. The molecule has 0 saturated heterocycles. The van der Waals surface area contributed by atoms with Crippen LogP contribution in [0, 0.1) is 6.92 Å². The topological polar surface area (TPSA) is 62.2 Å². The minimum atomic E-state index is -0.245. The number of nitrogens with one attached hydrogen (secondary N) is 1. The average Bonchev–Trinajstić information content (AvgIpc) is 2.87. The number of aryl methyl sites for hydroxylation is 1. The van der Waals surface area contributed by atoms with Gasteiger partial charge in [0.25, 0.3) is 5.91 Å². The minimum absolute atomic E-state index is 0.197. The van der Waals surface area contributed by atoms with Gasteiger partial charge in [-0.05, 0) is 36.7 Å². The summed E-state index contributed by atoms with van der Waals surface area (Å²) in [5.74, 6) is -0.0479. The van der Waals surface area contributed by atoms with Gasteiger partial charge in [0.2, 0.25) is 0 Å². The molecule has 0 spiro atoms. The molecule has 0 bridgehead atoms. The molecule has 0 saturated carbocycles. The van der Waals surface area contributed by atoms with E-state index in [0.29, 0.717) is 16.8 Å². The number of aromatic hydroxyl groups is 1. The Morgan fingerprint density at radius 2 is 1.95 bits per heavy atom. The van der Waals surface area contributed by atoms with E-state index in [2.05, 4.69) is 9.69 Å². The molecule has 0 aliphatic rings. The number of phenols is 1. The van der Waals surface area contributed by atoms with Gasteiger partial charge in [0.1, 0.15) is 11.4 Å². The van der Waals surface area contributed by atoms with Crippen LogP contribution in [0.1, 0.15) is 15.4 Å². The SMILES string of the molecule is Cc1cc(C(=O)Nc2cccc3c(O)cccc23)ns1. The fourth-order valence-corrected chi connectivity index (χ4v) is 2.60. The zero-order chi connectivity index (χ0) is 14.1. The Bertz CT molecular complexity index is 795. The van der Waals surface area contributed by atoms with E-state index < -0.39 is 0 Å². The summed E-state index contributed by atoms with van der Waals surface area (Å²) in [4.78, 5) is 13.1. The number of aromatic nitrogens is 1. The highest BCUT2D eigenvalue weighted by Gasteiger charge is 2.12. The monoisotopic (exact) mass is 284 g/mol. The van der Waals surface area contributed by atoms with Crippen LogP contribution < -0.4 is 5.32 Å². The molecule has 0 atom stereocenters. The molecule has 0 aliphatic heterocycles. The van der Waals surface area contributed by atoms with Crippen LogP contribution in [0.25, 0.3) is 10.8 Å². The highest BCUT2D eigenvalue weighted by Crippen LogP contribution is 2.30. The van der Waals surface area contributed by atoms with Crippen molar-refractivity contribution in [2.24, 2.45) is 0 Å². The third-order valence-electron chi connectivity index (χ3n) is 3.01. The van der Waals surface area contributed by atoms with Gasteiger partial charge in [0, 0.05) is 21.3 Å². The third-order valence-corrected chi connectivity index (χ3v) is 3.70. The van der Waals surface area contributed by atoms with Crippen LogP contribution in [0.15, 0.2) is 42.5 Å². The van der Waals surface area contributed by atoms with Crippen molar-refractivity contribution >= 4 is 33.9 Å². The van der Waals surface area contributed by atoms with E-state index in [0.717, 1.165) is 10.3 Å². The molecule has 0 fully saturated rings. The van der Waals surface area contributed by atoms with E-state index in [9.17, 15) is 9.90 Å². The predicted octanol–water partition coefficient (Wildman–Crippen LogP) is 3.56. The second-order valence-corrected chi connectivity index (χ2v) is 5.46. The smallest absolute Gasteiger partial charge is 0.275 e. The number of benzene rings is 2. The van der Waals surface area contributed by atoms with Crippen molar-refractivity contribution < 1.29 is 9.90 Å². The van der Waals surface area contributed by atoms with E-state index in [1.54, 1.807) is 30.3 Å². The number of anilines is 1. The summed E-state index contributed by atoms with van der Waals surface area (Å²) in [6.45, 7) is 1.91. The molecular weight excluding hydrogens is 272 g/mol. The van der Waals surface area contributed by atoms with Gasteiger partial charge in [-0.15, -0.1) is 0 Å². The van der Waals surface area contributed by atoms with E-state index in [-0.39, 0.29) is 11.7 Å². The summed E-state index contributed by atoms with van der Waals surface area (Å²) < 4.78 is 4.09. The van der Waals surface area contributed by atoms with Crippen molar-refractivity contribution in [3.8, 4) is 5.75 Å². The lowest BCUT2D eigenvalue weighted by Gasteiger charge is -2.08. The molecule has 0 aliphatic carbocycles. The number of carbonyl (C=O) groups is 1. The van der Waals surface area contributed by atoms with E-state index in [1.807, 2.05) is 19.1 Å². The first kappa shape index (κ1) is 12.6. The molecule has 0 unspecified atom stereocenters. The van der Waals surface area contributed by atoms with E-state index >= 15 is 0 Å². The number of nitrogens with zero attached hydrogens (tertiary/aromatic N) is 1. The average molecular weight is 284 g/mol. The highest BCUT2D eigenvalue weighted by atomic mass is 32.1. The van der Waals surface area contributed by atoms with Crippen LogP contribution in [0.5, 0.6) is 5.75 Å². The van der Waals surface area contributed by atoms with Gasteiger partial charge in [0.15, 0.2) is 0 Å². The van der Waals surface area contributed by atoms with E-state index in [1.165, 1.54) is 11.5 Å². The van der Waals surface area contributed by atoms with Gasteiger partial charge in [-0.3, -0.25) is 4.79 Å². The lowest BCUT2D eigenvalue weighted by Crippen LogP contribution is -2.12. The molecule has 2 N–H and O–H groups in total. The normalized spacial score (nSPS) is 10.7. The fourth-order valence-electron chi connectivity index (χ4n) is 2.06. The van der Waals surface area contributed by atoms with Crippen LogP contribution in [0.2, 0.25) is 0 Å². The maximum absolute atomic E-state index is 12.1. The molecule has 1 aromatic heterocycles. The predicted molar refractivity (Wildman–Crippen MR) is 80.4 cm³/mol. The first-order valence-electron chi connectivity index (χ1n) is 6.10. The van der Waals surface area contributed by atoms with Crippen molar-refractivity contribution in [3.05, 3.63) is 53.0 Å². The Labute approximate surface area is 119 Å². The van der Waals surface area contributed by atoms with Gasteiger partial charge in [-0.1, -0.05) is 24.3 Å². The third kappa shape index (κ3) is 2.23. The summed E-state index contributed by atoms with van der Waals surface area (Å²) in [6.07, 6.45) is 0. The Morgan fingerprint density at radius 3 is 2.70 bits per heavy atom. The number of hydrogen-bond acceptors (Lipinski definition) is 4.